The van der Waals surface area contributed by atoms with Gasteiger partial charge in [0.1, 0.15) is 0 Å². The number of nitrogens with zero attached hydrogens (tertiary/aromatic N) is 3. The molecule has 172 valence electrons. The number of hydrogen-bond acceptors (Lipinski definition) is 8. The van der Waals surface area contributed by atoms with Crippen LogP contribution in [0.15, 0.2) is 82.1 Å². The fourth-order valence-corrected chi connectivity index (χ4v) is 7.27. The number of rotatable bonds is 5. The molecule has 0 saturated carbocycles. The molecule has 0 aliphatic carbocycles. The molecular weight excluding hydrogens is 510 g/mol. The molecule has 6 nitrogen and oxygen atoms in total. The number of thiophene rings is 1. The molecule has 10 heteroatoms. The largest absolute Gasteiger partial charge is 0.461 e. The van der Waals surface area contributed by atoms with Gasteiger partial charge in [0.25, 0.3) is 5.91 Å². The van der Waals surface area contributed by atoms with Crippen LogP contribution in [0.25, 0.3) is 6.08 Å². The monoisotopic (exact) mass is 527 g/mol. The molecule has 0 bridgehead atoms. The first-order chi connectivity index (χ1) is 16.5. The third kappa shape index (κ3) is 4.13. The predicted octanol–water partition coefficient (Wildman–Crippen LogP) is 6.26. The number of carbonyl (C=O) groups excluding carboxylic acids is 2. The van der Waals surface area contributed by atoms with E-state index in [1.54, 1.807) is 40.3 Å². The van der Waals surface area contributed by atoms with Crippen LogP contribution in [0.2, 0.25) is 5.02 Å². The first-order valence-corrected chi connectivity index (χ1v) is 13.3. The maximum absolute atomic E-state index is 13.8. The van der Waals surface area contributed by atoms with E-state index in [4.69, 9.17) is 16.3 Å². The summed E-state index contributed by atoms with van der Waals surface area (Å²) in [6.45, 7) is 1.97. The molecule has 34 heavy (non-hydrogen) atoms. The van der Waals surface area contributed by atoms with Gasteiger partial charge in [-0.1, -0.05) is 47.6 Å². The number of benzene rings is 2. The Hall–Kier alpha value is -2.72. The Morgan fingerprint density at radius 2 is 1.82 bits per heavy atom. The highest BCUT2D eigenvalue weighted by Crippen LogP contribution is 2.59. The van der Waals surface area contributed by atoms with Crippen LogP contribution in [0.3, 0.4) is 0 Å². The zero-order valence-electron chi connectivity index (χ0n) is 17.9. The van der Waals surface area contributed by atoms with Crippen LogP contribution < -0.4 is 9.91 Å². The van der Waals surface area contributed by atoms with E-state index in [0.29, 0.717) is 21.3 Å². The van der Waals surface area contributed by atoms with Gasteiger partial charge in [-0.3, -0.25) is 9.69 Å². The van der Waals surface area contributed by atoms with E-state index in [2.05, 4.69) is 5.10 Å². The Morgan fingerprint density at radius 1 is 1.06 bits per heavy atom. The minimum absolute atomic E-state index is 0.170. The number of amides is 1. The van der Waals surface area contributed by atoms with Crippen molar-refractivity contribution in [2.75, 3.05) is 16.5 Å². The Kier molecular flexibility index (Phi) is 6.44. The molecule has 1 amide bonds. The highest BCUT2D eigenvalue weighted by atomic mass is 35.5. The van der Waals surface area contributed by atoms with Crippen molar-refractivity contribution in [1.29, 1.82) is 0 Å². The van der Waals surface area contributed by atoms with Gasteiger partial charge < -0.3 is 4.74 Å². The lowest BCUT2D eigenvalue weighted by Gasteiger charge is -2.38. The van der Waals surface area contributed by atoms with Gasteiger partial charge in [-0.15, -0.1) is 11.3 Å². The molecule has 3 heterocycles. The van der Waals surface area contributed by atoms with Crippen molar-refractivity contribution < 1.29 is 14.3 Å². The van der Waals surface area contributed by atoms with E-state index in [1.807, 2.05) is 66.1 Å². The summed E-state index contributed by atoms with van der Waals surface area (Å²) in [5, 5.41) is 9.06. The lowest BCUT2D eigenvalue weighted by atomic mass is 10.2. The van der Waals surface area contributed by atoms with Crippen molar-refractivity contribution in [3.63, 3.8) is 0 Å². The number of anilines is 2. The van der Waals surface area contributed by atoms with E-state index in [0.717, 1.165) is 4.88 Å². The summed E-state index contributed by atoms with van der Waals surface area (Å²) >= 11 is 10.2. The molecular formula is C24H18ClN3O3S3. The number of hydrogen-bond donors (Lipinski definition) is 0. The van der Waals surface area contributed by atoms with Gasteiger partial charge >= 0.3 is 5.97 Å². The standard InChI is InChI=1S/C24H18ClN3O3S3/c1-2-31-23(30)21-26-28(18-12-10-16(25)11-13-18)24(34-21)27(17-7-4-3-5-8-17)22(29)20(33-24)15-19-9-6-14-32-19/h3-15H,2H2,1H3/b20-15+. The molecule has 2 aromatic carbocycles. The highest BCUT2D eigenvalue weighted by molar-refractivity contribution is 8.29. The average molecular weight is 528 g/mol. The van der Waals surface area contributed by atoms with Crippen molar-refractivity contribution in [3.8, 4) is 0 Å². The van der Waals surface area contributed by atoms with Crippen LogP contribution in [0.1, 0.15) is 11.8 Å². The third-order valence-corrected chi connectivity index (χ3v) is 8.75. The van der Waals surface area contributed by atoms with Crippen molar-refractivity contribution in [2.24, 2.45) is 5.10 Å². The van der Waals surface area contributed by atoms with Crippen LogP contribution >= 0.6 is 46.5 Å². The molecule has 0 N–H and O–H groups in total. The molecule has 1 fully saturated rings. The maximum Gasteiger partial charge on any atom is 0.365 e. The molecule has 1 saturated heterocycles. The van der Waals surface area contributed by atoms with Gasteiger partial charge in [0, 0.05) is 15.6 Å². The number of halogens is 1. The Labute approximate surface area is 214 Å². The molecule has 1 atom stereocenters. The van der Waals surface area contributed by atoms with Crippen molar-refractivity contribution in [3.05, 3.63) is 86.9 Å². The molecule has 1 aromatic heterocycles. The molecule has 2 aliphatic rings. The van der Waals surface area contributed by atoms with Crippen molar-refractivity contribution in [1.82, 2.24) is 0 Å². The number of esters is 1. The van der Waals surface area contributed by atoms with Crippen molar-refractivity contribution >= 4 is 80.8 Å². The lowest BCUT2D eigenvalue weighted by Crippen LogP contribution is -2.51. The number of carbonyl (C=O) groups is 2. The quantitative estimate of drug-likeness (QED) is 0.288. The summed E-state index contributed by atoms with van der Waals surface area (Å²) in [6, 6.07) is 20.4. The predicted molar refractivity (Wildman–Crippen MR) is 142 cm³/mol. The summed E-state index contributed by atoms with van der Waals surface area (Å²) < 4.78 is 4.15. The first-order valence-electron chi connectivity index (χ1n) is 10.4. The Balaban J connectivity index is 1.67. The minimum atomic E-state index is -1.10. The highest BCUT2D eigenvalue weighted by Gasteiger charge is 2.60. The molecule has 1 unspecified atom stereocenters. The van der Waals surface area contributed by atoms with Gasteiger partial charge in [0.05, 0.1) is 17.2 Å². The van der Waals surface area contributed by atoms with E-state index in [1.165, 1.54) is 23.5 Å². The molecule has 3 aromatic rings. The van der Waals surface area contributed by atoms with Gasteiger partial charge in [-0.05, 0) is 72.6 Å². The third-order valence-electron chi connectivity index (χ3n) is 4.98. The fraction of sp³-hybridized carbons (Fsp3) is 0.125. The van der Waals surface area contributed by atoms with Gasteiger partial charge in [-0.25, -0.2) is 9.80 Å². The van der Waals surface area contributed by atoms with Crippen LogP contribution in [0.5, 0.6) is 0 Å². The molecule has 2 aliphatic heterocycles. The second-order valence-electron chi connectivity index (χ2n) is 7.17. The minimum Gasteiger partial charge on any atom is -0.461 e. The van der Waals surface area contributed by atoms with E-state index in [-0.39, 0.29) is 17.6 Å². The van der Waals surface area contributed by atoms with Crippen LogP contribution in [0, 0.1) is 0 Å². The van der Waals surface area contributed by atoms with E-state index in [9.17, 15) is 9.59 Å². The van der Waals surface area contributed by atoms with Gasteiger partial charge in [0.15, 0.2) is 0 Å². The zero-order chi connectivity index (χ0) is 23.7. The maximum atomic E-state index is 13.8. The van der Waals surface area contributed by atoms with Crippen LogP contribution in [-0.4, -0.2) is 27.9 Å². The average Bonchev–Trinajstić information content (AvgIpc) is 3.55. The van der Waals surface area contributed by atoms with E-state index < -0.39 is 10.3 Å². The van der Waals surface area contributed by atoms with Gasteiger partial charge in [0.2, 0.25) is 9.37 Å². The summed E-state index contributed by atoms with van der Waals surface area (Å²) in [5.74, 6) is -0.698. The number of thioether (sulfide) groups is 2. The number of ether oxygens (including phenoxy) is 1. The number of para-hydroxylation sites is 1. The summed E-state index contributed by atoms with van der Waals surface area (Å²) in [7, 11) is 0. The summed E-state index contributed by atoms with van der Waals surface area (Å²) in [4.78, 5) is 29.8. The molecule has 5 rings (SSSR count). The first kappa shape index (κ1) is 23.0. The second-order valence-corrected chi connectivity index (χ2v) is 11.2. The fourth-order valence-electron chi connectivity index (χ4n) is 3.55. The lowest BCUT2D eigenvalue weighted by molar-refractivity contribution is -0.134. The van der Waals surface area contributed by atoms with Crippen LogP contribution in [-0.2, 0) is 14.3 Å². The second kappa shape index (κ2) is 9.50. The molecule has 0 radical (unpaired) electrons. The van der Waals surface area contributed by atoms with E-state index >= 15 is 0 Å². The Morgan fingerprint density at radius 3 is 2.50 bits per heavy atom. The SMILES string of the molecule is CCOC(=O)C1=NN(c2ccc(Cl)cc2)C2(S1)S/C(=C/c1cccs1)C(=O)N2c1ccccc1. The van der Waals surface area contributed by atoms with Crippen LogP contribution in [0.4, 0.5) is 11.4 Å². The van der Waals surface area contributed by atoms with Crippen molar-refractivity contribution in [2.45, 2.75) is 11.3 Å². The summed E-state index contributed by atoms with van der Waals surface area (Å²) in [6.07, 6.45) is 1.88. The molecule has 1 spiro atoms. The normalized spacial score (nSPS) is 20.9. The smallest absolute Gasteiger partial charge is 0.365 e. The number of hydrazone groups is 1. The Bertz CT molecular complexity index is 1280. The van der Waals surface area contributed by atoms with Gasteiger partial charge in [-0.2, -0.15) is 5.10 Å². The topological polar surface area (TPSA) is 62.2 Å². The summed E-state index contributed by atoms with van der Waals surface area (Å²) in [5.41, 5.74) is 1.39. The zero-order valence-corrected chi connectivity index (χ0v) is 21.1.